The van der Waals surface area contributed by atoms with Crippen molar-refractivity contribution in [2.24, 2.45) is 7.05 Å². The third kappa shape index (κ3) is 2.96. The predicted molar refractivity (Wildman–Crippen MR) is 73.0 cm³/mol. The number of nitrogens with two attached hydrogens (primary N) is 1. The Morgan fingerprint density at radius 2 is 2.17 bits per heavy atom. The molecule has 2 N–H and O–H groups in total. The fraction of sp³-hybridized carbons (Fsp3) is 0.308. The molecule has 0 bridgehead atoms. The zero-order valence-electron chi connectivity index (χ0n) is 10.5. The van der Waals surface area contributed by atoms with Crippen molar-refractivity contribution in [2.75, 3.05) is 12.3 Å². The van der Waals surface area contributed by atoms with E-state index < -0.39 is 0 Å². The third-order valence-corrected chi connectivity index (χ3v) is 3.15. The molecular formula is C13H16ClN3O. The van der Waals surface area contributed by atoms with Crippen LogP contribution in [-0.4, -0.2) is 16.4 Å². The third-order valence-electron chi connectivity index (χ3n) is 2.72. The van der Waals surface area contributed by atoms with Crippen LogP contribution < -0.4 is 10.5 Å². The molecule has 1 aromatic heterocycles. The molecule has 0 saturated heterocycles. The second kappa shape index (κ2) is 5.31. The highest BCUT2D eigenvalue weighted by atomic mass is 35.5. The van der Waals surface area contributed by atoms with Crippen molar-refractivity contribution in [1.29, 1.82) is 0 Å². The Balaban J connectivity index is 1.90. The molecule has 0 radical (unpaired) electrons. The van der Waals surface area contributed by atoms with E-state index in [1.54, 1.807) is 4.68 Å². The van der Waals surface area contributed by atoms with E-state index in [1.807, 2.05) is 38.2 Å². The first-order valence-electron chi connectivity index (χ1n) is 5.73. The predicted octanol–water partition coefficient (Wildman–Crippen LogP) is 2.59. The number of aryl methyl sites for hydroxylation is 2. The van der Waals surface area contributed by atoms with E-state index in [-0.39, 0.29) is 0 Å². The lowest BCUT2D eigenvalue weighted by molar-refractivity contribution is 0.320. The smallest absolute Gasteiger partial charge is 0.121 e. The van der Waals surface area contributed by atoms with Crippen LogP contribution in [0.5, 0.6) is 5.75 Å². The minimum Gasteiger partial charge on any atom is -0.493 e. The summed E-state index contributed by atoms with van der Waals surface area (Å²) in [5.41, 5.74) is 7.65. The molecule has 0 unspecified atom stereocenters. The topological polar surface area (TPSA) is 53.1 Å². The zero-order valence-corrected chi connectivity index (χ0v) is 11.2. The second-order valence-electron chi connectivity index (χ2n) is 4.19. The van der Waals surface area contributed by atoms with Gasteiger partial charge in [-0.05, 0) is 30.7 Å². The number of rotatable bonds is 4. The lowest BCUT2D eigenvalue weighted by Gasteiger charge is -2.06. The Kier molecular flexibility index (Phi) is 3.77. The molecule has 0 amide bonds. The molecule has 2 rings (SSSR count). The summed E-state index contributed by atoms with van der Waals surface area (Å²) < 4.78 is 7.30. The first-order valence-corrected chi connectivity index (χ1v) is 6.11. The number of benzene rings is 1. The highest BCUT2D eigenvalue weighted by Crippen LogP contribution is 2.21. The van der Waals surface area contributed by atoms with Gasteiger partial charge in [0, 0.05) is 24.6 Å². The van der Waals surface area contributed by atoms with Gasteiger partial charge in [-0.3, -0.25) is 4.68 Å². The summed E-state index contributed by atoms with van der Waals surface area (Å²) in [4.78, 5) is 0. The van der Waals surface area contributed by atoms with Crippen LogP contribution in [0.2, 0.25) is 5.02 Å². The van der Waals surface area contributed by atoms with Crippen LogP contribution in [0.15, 0.2) is 24.3 Å². The van der Waals surface area contributed by atoms with Crippen molar-refractivity contribution < 1.29 is 4.74 Å². The lowest BCUT2D eigenvalue weighted by atomic mass is 10.2. The molecule has 96 valence electrons. The van der Waals surface area contributed by atoms with Gasteiger partial charge in [-0.1, -0.05) is 11.6 Å². The molecule has 0 aliphatic rings. The van der Waals surface area contributed by atoms with Gasteiger partial charge in [0.2, 0.25) is 0 Å². The minimum atomic E-state index is 0.567. The zero-order chi connectivity index (χ0) is 13.1. The summed E-state index contributed by atoms with van der Waals surface area (Å²) in [6, 6.07) is 7.48. The fourth-order valence-corrected chi connectivity index (χ4v) is 1.76. The molecule has 1 aromatic carbocycles. The molecule has 0 aliphatic heterocycles. The summed E-state index contributed by atoms with van der Waals surface area (Å²) >= 11 is 5.95. The summed E-state index contributed by atoms with van der Waals surface area (Å²) in [5, 5.41) is 5.01. The molecule has 1 heterocycles. The number of nitrogen functional groups attached to an aromatic ring is 1. The monoisotopic (exact) mass is 265 g/mol. The number of nitrogens with zero attached hydrogens (tertiary/aromatic N) is 2. The van der Waals surface area contributed by atoms with Crippen LogP contribution in [0.4, 0.5) is 5.82 Å². The molecular weight excluding hydrogens is 250 g/mol. The molecule has 18 heavy (non-hydrogen) atoms. The van der Waals surface area contributed by atoms with Crippen LogP contribution in [0, 0.1) is 6.92 Å². The first kappa shape index (κ1) is 12.8. The second-order valence-corrected chi connectivity index (χ2v) is 4.60. The van der Waals surface area contributed by atoms with Gasteiger partial charge in [0.15, 0.2) is 0 Å². The number of halogens is 1. The quantitative estimate of drug-likeness (QED) is 0.924. The van der Waals surface area contributed by atoms with Gasteiger partial charge in [-0.2, -0.15) is 5.10 Å². The first-order chi connectivity index (χ1) is 8.56. The Morgan fingerprint density at radius 1 is 1.39 bits per heavy atom. The maximum absolute atomic E-state index is 5.95. The minimum absolute atomic E-state index is 0.567. The average Bonchev–Trinajstić information content (AvgIpc) is 2.63. The lowest BCUT2D eigenvalue weighted by Crippen LogP contribution is -2.03. The van der Waals surface area contributed by atoms with Gasteiger partial charge >= 0.3 is 0 Å². The van der Waals surface area contributed by atoms with Gasteiger partial charge in [0.1, 0.15) is 11.6 Å². The van der Waals surface area contributed by atoms with Crippen LogP contribution in [0.1, 0.15) is 11.3 Å². The van der Waals surface area contributed by atoms with Crippen molar-refractivity contribution in [1.82, 2.24) is 9.78 Å². The summed E-state index contributed by atoms with van der Waals surface area (Å²) in [6.45, 7) is 2.52. The summed E-state index contributed by atoms with van der Waals surface area (Å²) in [5.74, 6) is 1.48. The number of aromatic nitrogens is 2. The van der Waals surface area contributed by atoms with Crippen LogP contribution in [-0.2, 0) is 13.5 Å². The Morgan fingerprint density at radius 3 is 2.78 bits per heavy atom. The molecule has 0 fully saturated rings. The molecule has 0 aliphatic carbocycles. The van der Waals surface area contributed by atoms with E-state index >= 15 is 0 Å². The summed E-state index contributed by atoms with van der Waals surface area (Å²) in [7, 11) is 1.82. The van der Waals surface area contributed by atoms with Gasteiger partial charge in [-0.25, -0.2) is 0 Å². The van der Waals surface area contributed by atoms with Gasteiger partial charge in [0.25, 0.3) is 0 Å². The van der Waals surface area contributed by atoms with Gasteiger partial charge < -0.3 is 10.5 Å². The number of hydrogen-bond donors (Lipinski definition) is 1. The standard InChI is InChI=1S/C13H16ClN3O/c1-9-7-11(3-4-12(9)14)18-6-5-10-8-13(15)17(2)16-10/h3-4,7-8H,5-6,15H2,1-2H3. The van der Waals surface area contributed by atoms with E-state index in [0.29, 0.717) is 12.4 Å². The van der Waals surface area contributed by atoms with E-state index in [0.717, 1.165) is 28.5 Å². The van der Waals surface area contributed by atoms with Crippen LogP contribution >= 0.6 is 11.6 Å². The Bertz CT molecular complexity index is 532. The van der Waals surface area contributed by atoms with Gasteiger partial charge in [0.05, 0.1) is 12.3 Å². The molecule has 0 atom stereocenters. The summed E-state index contributed by atoms with van der Waals surface area (Å²) in [6.07, 6.45) is 0.729. The Labute approximate surface area is 111 Å². The molecule has 4 nitrogen and oxygen atoms in total. The molecule has 5 heteroatoms. The molecule has 0 saturated carbocycles. The molecule has 2 aromatic rings. The average molecular weight is 266 g/mol. The Hall–Kier alpha value is -1.68. The van der Waals surface area contributed by atoms with Crippen LogP contribution in [0.25, 0.3) is 0 Å². The molecule has 0 spiro atoms. The normalized spacial score (nSPS) is 10.6. The van der Waals surface area contributed by atoms with Crippen LogP contribution in [0.3, 0.4) is 0 Å². The van der Waals surface area contributed by atoms with Crippen molar-refractivity contribution in [3.05, 3.63) is 40.5 Å². The number of hydrogen-bond acceptors (Lipinski definition) is 3. The van der Waals surface area contributed by atoms with E-state index in [2.05, 4.69) is 5.10 Å². The van der Waals surface area contributed by atoms with Crippen molar-refractivity contribution in [3.8, 4) is 5.75 Å². The van der Waals surface area contributed by atoms with Crippen molar-refractivity contribution in [2.45, 2.75) is 13.3 Å². The highest BCUT2D eigenvalue weighted by molar-refractivity contribution is 6.31. The van der Waals surface area contributed by atoms with Gasteiger partial charge in [-0.15, -0.1) is 0 Å². The highest BCUT2D eigenvalue weighted by Gasteiger charge is 2.03. The maximum atomic E-state index is 5.95. The SMILES string of the molecule is Cc1cc(OCCc2cc(N)n(C)n2)ccc1Cl. The fourth-order valence-electron chi connectivity index (χ4n) is 1.65. The van der Waals surface area contributed by atoms with Crippen molar-refractivity contribution in [3.63, 3.8) is 0 Å². The van der Waals surface area contributed by atoms with E-state index in [9.17, 15) is 0 Å². The number of ether oxygens (including phenoxy) is 1. The van der Waals surface area contributed by atoms with E-state index in [4.69, 9.17) is 22.1 Å². The maximum Gasteiger partial charge on any atom is 0.121 e. The largest absolute Gasteiger partial charge is 0.493 e. The van der Waals surface area contributed by atoms with Crippen molar-refractivity contribution >= 4 is 17.4 Å². The van der Waals surface area contributed by atoms with E-state index in [1.165, 1.54) is 0 Å². The number of anilines is 1.